The third kappa shape index (κ3) is 3.98. The van der Waals surface area contributed by atoms with E-state index in [0.717, 1.165) is 0 Å². The molecule has 0 unspecified atom stereocenters. The number of non-ortho nitro benzene ring substituents is 1. The van der Waals surface area contributed by atoms with Crippen molar-refractivity contribution in [1.82, 2.24) is 15.3 Å². The molecule has 3 aromatic rings. The Hall–Kier alpha value is -3.59. The lowest BCUT2D eigenvalue weighted by Crippen LogP contribution is -2.26. The third-order valence-electron chi connectivity index (χ3n) is 3.68. The van der Waals surface area contributed by atoms with Gasteiger partial charge in [-0.25, -0.2) is 14.6 Å². The van der Waals surface area contributed by atoms with Gasteiger partial charge in [0, 0.05) is 17.7 Å². The Morgan fingerprint density at radius 3 is 2.67 bits per heavy atom. The summed E-state index contributed by atoms with van der Waals surface area (Å²) in [7, 11) is 0. The van der Waals surface area contributed by atoms with Gasteiger partial charge in [0.1, 0.15) is 11.5 Å². The highest BCUT2D eigenvalue weighted by Gasteiger charge is 2.19. The van der Waals surface area contributed by atoms with Crippen LogP contribution in [0.2, 0.25) is 0 Å². The van der Waals surface area contributed by atoms with Crippen LogP contribution in [-0.4, -0.2) is 27.2 Å². The Morgan fingerprint density at radius 1 is 1.26 bits per heavy atom. The molecule has 1 amide bonds. The number of nitrogens with zero attached hydrogens (tertiary/aromatic N) is 3. The number of hydrogen-bond donors (Lipinski definition) is 1. The number of nitro groups is 1. The molecule has 2 aromatic carbocycles. The number of carbonyl (C=O) groups is 1. The maximum absolute atomic E-state index is 13.2. The van der Waals surface area contributed by atoms with Crippen LogP contribution < -0.4 is 5.48 Å². The van der Waals surface area contributed by atoms with Crippen LogP contribution in [0, 0.1) is 15.9 Å². The molecule has 27 heavy (non-hydrogen) atoms. The maximum atomic E-state index is 13.2. The van der Waals surface area contributed by atoms with E-state index in [1.807, 2.05) is 0 Å². The second-order valence-electron chi connectivity index (χ2n) is 5.47. The van der Waals surface area contributed by atoms with Crippen LogP contribution in [-0.2, 0) is 4.84 Å². The number of benzene rings is 2. The van der Waals surface area contributed by atoms with Gasteiger partial charge < -0.3 is 0 Å². The zero-order valence-electron chi connectivity index (χ0n) is 14.3. The second kappa shape index (κ2) is 7.75. The molecule has 3 rings (SSSR count). The van der Waals surface area contributed by atoms with Crippen LogP contribution in [0.15, 0.2) is 54.6 Å². The van der Waals surface area contributed by atoms with E-state index in [-0.39, 0.29) is 18.0 Å². The molecule has 1 heterocycles. The SMILES string of the molecule is CCONC(=O)c1cc(-c2ccc(F)cc2)nn1-c1cccc([N+](=O)[O-])c1. The first-order chi connectivity index (χ1) is 13.0. The number of nitrogens with one attached hydrogen (secondary N) is 1. The Bertz CT molecular complexity index is 985. The smallest absolute Gasteiger partial charge is 0.274 e. The molecule has 0 atom stereocenters. The minimum atomic E-state index is -0.566. The van der Waals surface area contributed by atoms with E-state index in [4.69, 9.17) is 4.84 Å². The summed E-state index contributed by atoms with van der Waals surface area (Å²) < 4.78 is 14.4. The van der Waals surface area contributed by atoms with Gasteiger partial charge in [0.05, 0.1) is 22.9 Å². The summed E-state index contributed by atoms with van der Waals surface area (Å²) in [5.74, 6) is -0.963. The van der Waals surface area contributed by atoms with Gasteiger partial charge in [0.15, 0.2) is 0 Å². The largest absolute Gasteiger partial charge is 0.293 e. The summed E-state index contributed by atoms with van der Waals surface area (Å²) in [6.07, 6.45) is 0. The lowest BCUT2D eigenvalue weighted by Gasteiger charge is -2.07. The first kappa shape index (κ1) is 18.2. The summed E-state index contributed by atoms with van der Waals surface area (Å²) in [5.41, 5.74) is 3.58. The predicted molar refractivity (Wildman–Crippen MR) is 94.7 cm³/mol. The number of halogens is 1. The summed E-state index contributed by atoms with van der Waals surface area (Å²) in [4.78, 5) is 27.9. The maximum Gasteiger partial charge on any atom is 0.293 e. The highest BCUT2D eigenvalue weighted by atomic mass is 19.1. The van der Waals surface area contributed by atoms with Crippen LogP contribution in [0.25, 0.3) is 16.9 Å². The molecule has 9 heteroatoms. The molecule has 0 saturated carbocycles. The zero-order chi connectivity index (χ0) is 19.4. The Kier molecular flexibility index (Phi) is 5.23. The van der Waals surface area contributed by atoms with Crippen molar-refractivity contribution in [3.8, 4) is 16.9 Å². The molecule has 138 valence electrons. The summed E-state index contributed by atoms with van der Waals surface area (Å²) >= 11 is 0. The number of aromatic nitrogens is 2. The van der Waals surface area contributed by atoms with Gasteiger partial charge in [-0.2, -0.15) is 5.10 Å². The molecule has 0 spiro atoms. The molecule has 0 aliphatic heterocycles. The predicted octanol–water partition coefficient (Wildman–Crippen LogP) is 3.27. The minimum Gasteiger partial charge on any atom is -0.274 e. The molecule has 1 N–H and O–H groups in total. The van der Waals surface area contributed by atoms with Gasteiger partial charge >= 0.3 is 0 Å². The van der Waals surface area contributed by atoms with Crippen LogP contribution in [0.5, 0.6) is 0 Å². The Morgan fingerprint density at radius 2 is 2.00 bits per heavy atom. The number of hydrogen-bond acceptors (Lipinski definition) is 5. The number of amides is 1. The van der Waals surface area contributed by atoms with Crippen LogP contribution in [0.1, 0.15) is 17.4 Å². The van der Waals surface area contributed by atoms with Crippen molar-refractivity contribution in [2.45, 2.75) is 6.92 Å². The van der Waals surface area contributed by atoms with Gasteiger partial charge in [-0.15, -0.1) is 0 Å². The van der Waals surface area contributed by atoms with Crippen molar-refractivity contribution in [3.63, 3.8) is 0 Å². The quantitative estimate of drug-likeness (QED) is 0.530. The lowest BCUT2D eigenvalue weighted by molar-refractivity contribution is -0.384. The highest BCUT2D eigenvalue weighted by molar-refractivity contribution is 5.93. The topological polar surface area (TPSA) is 99.3 Å². The van der Waals surface area contributed by atoms with E-state index in [1.165, 1.54) is 53.2 Å². The first-order valence-electron chi connectivity index (χ1n) is 8.02. The van der Waals surface area contributed by atoms with Crippen molar-refractivity contribution in [2.24, 2.45) is 0 Å². The fourth-order valence-electron chi connectivity index (χ4n) is 2.43. The van der Waals surface area contributed by atoms with E-state index >= 15 is 0 Å². The third-order valence-corrected chi connectivity index (χ3v) is 3.68. The van der Waals surface area contributed by atoms with E-state index in [9.17, 15) is 19.3 Å². The van der Waals surface area contributed by atoms with E-state index < -0.39 is 16.6 Å². The van der Waals surface area contributed by atoms with Gasteiger partial charge in [0.25, 0.3) is 11.6 Å². The van der Waals surface area contributed by atoms with E-state index in [0.29, 0.717) is 16.9 Å². The molecule has 0 fully saturated rings. The molecule has 8 nitrogen and oxygen atoms in total. The van der Waals surface area contributed by atoms with Crippen LogP contribution in [0.3, 0.4) is 0 Å². The van der Waals surface area contributed by atoms with Gasteiger partial charge in [-0.3, -0.25) is 19.7 Å². The summed E-state index contributed by atoms with van der Waals surface area (Å²) in [6, 6.07) is 12.8. The molecule has 1 aromatic heterocycles. The summed E-state index contributed by atoms with van der Waals surface area (Å²) in [5, 5.41) is 15.4. The second-order valence-corrected chi connectivity index (χ2v) is 5.47. The zero-order valence-corrected chi connectivity index (χ0v) is 14.3. The first-order valence-corrected chi connectivity index (χ1v) is 8.02. The monoisotopic (exact) mass is 370 g/mol. The molecular formula is C18H15FN4O4. The molecule has 0 aliphatic rings. The van der Waals surface area contributed by atoms with Gasteiger partial charge in [-0.05, 0) is 43.3 Å². The average molecular weight is 370 g/mol. The molecule has 0 aliphatic carbocycles. The van der Waals surface area contributed by atoms with Crippen LogP contribution >= 0.6 is 0 Å². The summed E-state index contributed by atoms with van der Waals surface area (Å²) in [6.45, 7) is 1.98. The fraction of sp³-hybridized carbons (Fsp3) is 0.111. The molecule has 0 saturated heterocycles. The van der Waals surface area contributed by atoms with Gasteiger partial charge in [0.2, 0.25) is 0 Å². The lowest BCUT2D eigenvalue weighted by atomic mass is 10.1. The number of rotatable bonds is 6. The Labute approximate surface area is 153 Å². The molecular weight excluding hydrogens is 355 g/mol. The van der Waals surface area contributed by atoms with Crippen molar-refractivity contribution in [2.75, 3.05) is 6.61 Å². The van der Waals surface area contributed by atoms with E-state index in [2.05, 4.69) is 10.6 Å². The fourth-order valence-corrected chi connectivity index (χ4v) is 2.43. The van der Waals surface area contributed by atoms with Crippen molar-refractivity contribution >= 4 is 11.6 Å². The van der Waals surface area contributed by atoms with Gasteiger partial charge in [-0.1, -0.05) is 6.07 Å². The normalized spacial score (nSPS) is 10.6. The van der Waals surface area contributed by atoms with Crippen LogP contribution in [0.4, 0.5) is 10.1 Å². The standard InChI is InChI=1S/C18H15FN4O4/c1-2-27-21-18(24)17-11-16(12-6-8-13(19)9-7-12)20-22(17)14-4-3-5-15(10-14)23(25)26/h3-11H,2H2,1H3,(H,21,24). The molecule has 0 radical (unpaired) electrons. The average Bonchev–Trinajstić information content (AvgIpc) is 3.12. The number of nitro benzene ring substituents is 1. The van der Waals surface area contributed by atoms with Crippen molar-refractivity contribution in [3.05, 3.63) is 76.2 Å². The Balaban J connectivity index is 2.10. The highest BCUT2D eigenvalue weighted by Crippen LogP contribution is 2.24. The minimum absolute atomic E-state index is 0.114. The van der Waals surface area contributed by atoms with E-state index in [1.54, 1.807) is 13.0 Å². The van der Waals surface area contributed by atoms with Crippen molar-refractivity contribution in [1.29, 1.82) is 0 Å². The number of carbonyl (C=O) groups excluding carboxylic acids is 1. The van der Waals surface area contributed by atoms with Crippen molar-refractivity contribution < 1.29 is 18.9 Å². The molecule has 0 bridgehead atoms. The number of hydroxylamine groups is 1.